The van der Waals surface area contributed by atoms with Crippen LogP contribution in [0.4, 0.5) is 23.7 Å². The number of benzene rings is 1. The summed E-state index contributed by atoms with van der Waals surface area (Å²) in [5.41, 5.74) is -4.11. The van der Waals surface area contributed by atoms with Crippen molar-refractivity contribution in [2.75, 3.05) is 18.9 Å². The molecule has 9 heteroatoms. The summed E-state index contributed by atoms with van der Waals surface area (Å²) in [4.78, 5) is 22.5. The van der Waals surface area contributed by atoms with E-state index in [-0.39, 0.29) is 41.2 Å². The predicted molar refractivity (Wildman–Crippen MR) is 78.7 cm³/mol. The maximum absolute atomic E-state index is 12.3. The maximum atomic E-state index is 12.3. The molecule has 0 bridgehead atoms. The van der Waals surface area contributed by atoms with Gasteiger partial charge in [0.1, 0.15) is 0 Å². The molecule has 1 aromatic rings. The first kappa shape index (κ1) is 18.1. The van der Waals surface area contributed by atoms with Gasteiger partial charge in [-0.1, -0.05) is 6.07 Å². The highest BCUT2D eigenvalue weighted by Crippen LogP contribution is 2.37. The van der Waals surface area contributed by atoms with Crippen LogP contribution in [0.5, 0.6) is 0 Å². The van der Waals surface area contributed by atoms with Crippen LogP contribution in [0, 0.1) is 0 Å². The van der Waals surface area contributed by atoms with Gasteiger partial charge in [-0.2, -0.15) is 13.2 Å². The minimum Gasteiger partial charge on any atom is -0.359 e. The van der Waals surface area contributed by atoms with Crippen LogP contribution in [0.25, 0.3) is 0 Å². The Morgan fingerprint density at radius 3 is 2.64 bits per heavy atom. The molecule has 1 aromatic carbocycles. The number of thioether (sulfide) groups is 1. The molecule has 0 aromatic heterocycles. The van der Waals surface area contributed by atoms with E-state index in [1.165, 1.54) is 31.3 Å². The highest BCUT2D eigenvalue weighted by Gasteiger charge is 2.29. The summed E-state index contributed by atoms with van der Waals surface area (Å²) < 4.78 is 36.8. The highest BCUT2D eigenvalue weighted by molar-refractivity contribution is 8.00. The Morgan fingerprint density at radius 2 is 2.00 bits per heavy atom. The second-order valence-corrected chi connectivity index (χ2v) is 5.37. The molecule has 0 spiro atoms. The van der Waals surface area contributed by atoms with Crippen LogP contribution in [0.1, 0.15) is 12.8 Å². The first-order valence-corrected chi connectivity index (χ1v) is 7.23. The normalized spacial score (nSPS) is 10.9. The molecule has 0 aliphatic rings. The quantitative estimate of drug-likeness (QED) is 0.553. The van der Waals surface area contributed by atoms with Gasteiger partial charge in [0.25, 0.3) is 0 Å². The summed E-state index contributed by atoms with van der Waals surface area (Å²) in [5.74, 6) is -0.126. The molecular formula is C13H16F3N3O2S. The molecule has 3 N–H and O–H groups in total. The van der Waals surface area contributed by atoms with E-state index in [9.17, 15) is 22.8 Å². The Bertz CT molecular complexity index is 523. The number of amides is 3. The lowest BCUT2D eigenvalue weighted by Gasteiger charge is -2.09. The summed E-state index contributed by atoms with van der Waals surface area (Å²) in [5, 5.41) is 7.41. The van der Waals surface area contributed by atoms with Crippen molar-refractivity contribution in [2.45, 2.75) is 23.2 Å². The van der Waals surface area contributed by atoms with E-state index in [1.807, 2.05) is 0 Å². The summed E-state index contributed by atoms with van der Waals surface area (Å²) >= 11 is -0.247. The topological polar surface area (TPSA) is 70.2 Å². The minimum atomic E-state index is -4.37. The highest BCUT2D eigenvalue weighted by atomic mass is 32.2. The van der Waals surface area contributed by atoms with E-state index in [2.05, 4.69) is 16.0 Å². The van der Waals surface area contributed by atoms with Gasteiger partial charge >= 0.3 is 11.5 Å². The van der Waals surface area contributed by atoms with Gasteiger partial charge in [0.15, 0.2) is 0 Å². The van der Waals surface area contributed by atoms with Crippen LogP contribution in [0.3, 0.4) is 0 Å². The molecule has 3 amide bonds. The lowest BCUT2D eigenvalue weighted by atomic mass is 10.3. The molecule has 0 saturated carbocycles. The molecule has 0 fully saturated rings. The van der Waals surface area contributed by atoms with Crippen LogP contribution in [0.15, 0.2) is 29.2 Å². The standard InChI is InChI=1S/C13H16F3N3O2S/c1-17-11(20)6-3-7-18-12(21)19-9-4-2-5-10(8-9)22-13(14,15)16/h2,4-5,8H,3,6-7H2,1H3,(H,17,20)(H2,18,19,21). The van der Waals surface area contributed by atoms with E-state index in [1.54, 1.807) is 0 Å². The van der Waals surface area contributed by atoms with E-state index >= 15 is 0 Å². The summed E-state index contributed by atoms with van der Waals surface area (Å²) in [7, 11) is 1.52. The van der Waals surface area contributed by atoms with Crippen molar-refractivity contribution >= 4 is 29.4 Å². The Morgan fingerprint density at radius 1 is 1.27 bits per heavy atom. The third-order valence-corrected chi connectivity index (χ3v) is 3.19. The van der Waals surface area contributed by atoms with Gasteiger partial charge in [0.2, 0.25) is 5.91 Å². The fraction of sp³-hybridized carbons (Fsp3) is 0.385. The van der Waals surface area contributed by atoms with Gasteiger partial charge in [-0.3, -0.25) is 4.79 Å². The first-order valence-electron chi connectivity index (χ1n) is 6.41. The summed E-state index contributed by atoms with van der Waals surface area (Å²) in [6.07, 6.45) is 0.756. The molecule has 22 heavy (non-hydrogen) atoms. The smallest absolute Gasteiger partial charge is 0.359 e. The van der Waals surface area contributed by atoms with E-state index < -0.39 is 11.5 Å². The van der Waals surface area contributed by atoms with Crippen LogP contribution in [-0.4, -0.2) is 31.0 Å². The van der Waals surface area contributed by atoms with Gasteiger partial charge in [-0.25, -0.2) is 4.79 Å². The minimum absolute atomic E-state index is 0.00934. The van der Waals surface area contributed by atoms with E-state index in [0.717, 1.165) is 0 Å². The Balaban J connectivity index is 2.41. The zero-order valence-corrected chi connectivity index (χ0v) is 12.6. The molecule has 0 heterocycles. The zero-order valence-electron chi connectivity index (χ0n) is 11.8. The molecule has 1 rings (SSSR count). The summed E-state index contributed by atoms with van der Waals surface area (Å²) in [6.45, 7) is 0.288. The van der Waals surface area contributed by atoms with Gasteiger partial charge < -0.3 is 16.0 Å². The number of nitrogens with one attached hydrogen (secondary N) is 3. The zero-order chi connectivity index (χ0) is 16.6. The predicted octanol–water partition coefficient (Wildman–Crippen LogP) is 2.95. The van der Waals surface area contributed by atoms with Crippen molar-refractivity contribution in [1.82, 2.24) is 10.6 Å². The third-order valence-electron chi connectivity index (χ3n) is 2.47. The van der Waals surface area contributed by atoms with Crippen molar-refractivity contribution in [2.24, 2.45) is 0 Å². The number of carbonyl (C=O) groups excluding carboxylic acids is 2. The molecule has 0 radical (unpaired) electrons. The fourth-order valence-corrected chi connectivity index (χ4v) is 2.12. The monoisotopic (exact) mass is 335 g/mol. The van der Waals surface area contributed by atoms with Crippen molar-refractivity contribution < 1.29 is 22.8 Å². The molecule has 122 valence electrons. The van der Waals surface area contributed by atoms with E-state index in [4.69, 9.17) is 0 Å². The second kappa shape index (κ2) is 8.52. The molecule has 0 saturated heterocycles. The van der Waals surface area contributed by atoms with Crippen molar-refractivity contribution in [3.8, 4) is 0 Å². The van der Waals surface area contributed by atoms with Gasteiger partial charge in [-0.15, -0.1) is 0 Å². The molecule has 0 atom stereocenters. The summed E-state index contributed by atoms with van der Waals surface area (Å²) in [6, 6.07) is 4.93. The lowest BCUT2D eigenvalue weighted by molar-refractivity contribution is -0.120. The van der Waals surface area contributed by atoms with Crippen LogP contribution < -0.4 is 16.0 Å². The number of hydrogen-bond donors (Lipinski definition) is 3. The van der Waals surface area contributed by atoms with Crippen molar-refractivity contribution in [3.63, 3.8) is 0 Å². The first-order chi connectivity index (χ1) is 10.3. The number of urea groups is 1. The van der Waals surface area contributed by atoms with Gasteiger partial charge in [0, 0.05) is 30.6 Å². The average Bonchev–Trinajstić information content (AvgIpc) is 2.41. The second-order valence-electron chi connectivity index (χ2n) is 4.23. The fourth-order valence-electron chi connectivity index (χ4n) is 1.52. The number of anilines is 1. The number of rotatable bonds is 6. The van der Waals surface area contributed by atoms with Crippen molar-refractivity contribution in [1.29, 1.82) is 0 Å². The molecule has 0 aliphatic carbocycles. The number of halogens is 3. The third kappa shape index (κ3) is 7.77. The number of alkyl halides is 3. The molecule has 0 aliphatic heterocycles. The van der Waals surface area contributed by atoms with Crippen LogP contribution in [0.2, 0.25) is 0 Å². The Hall–Kier alpha value is -1.90. The average molecular weight is 335 g/mol. The molecule has 0 unspecified atom stereocenters. The van der Waals surface area contributed by atoms with Gasteiger partial charge in [-0.05, 0) is 36.4 Å². The Labute approximate surface area is 130 Å². The lowest BCUT2D eigenvalue weighted by Crippen LogP contribution is -2.30. The molecule has 5 nitrogen and oxygen atoms in total. The number of carbonyl (C=O) groups is 2. The van der Waals surface area contributed by atoms with Crippen molar-refractivity contribution in [3.05, 3.63) is 24.3 Å². The van der Waals surface area contributed by atoms with Gasteiger partial charge in [0.05, 0.1) is 0 Å². The molecular weight excluding hydrogens is 319 g/mol. The SMILES string of the molecule is CNC(=O)CCCNC(=O)Nc1cccc(SC(F)(F)F)c1. The number of hydrogen-bond acceptors (Lipinski definition) is 3. The van der Waals surface area contributed by atoms with E-state index in [0.29, 0.717) is 6.42 Å². The Kier molecular flexibility index (Phi) is 7.03. The maximum Gasteiger partial charge on any atom is 0.446 e. The van der Waals surface area contributed by atoms with Crippen LogP contribution >= 0.6 is 11.8 Å². The largest absolute Gasteiger partial charge is 0.446 e. The van der Waals surface area contributed by atoms with Crippen LogP contribution in [-0.2, 0) is 4.79 Å².